The maximum absolute atomic E-state index is 6.05. The van der Waals surface area contributed by atoms with Crippen LogP contribution < -0.4 is 17.0 Å². The quantitative estimate of drug-likeness (QED) is 0.465. The first-order valence-electron chi connectivity index (χ1n) is 3.45. The minimum atomic E-state index is -0.349. The fourth-order valence-corrected chi connectivity index (χ4v) is 1.72. The van der Waals surface area contributed by atoms with Crippen molar-refractivity contribution in [2.45, 2.75) is 15.5 Å². The molecule has 0 saturated heterocycles. The molecule has 0 aliphatic carbocycles. The number of alkyl halides is 3. The van der Waals surface area contributed by atoms with Crippen molar-refractivity contribution in [3.05, 3.63) is 0 Å². The van der Waals surface area contributed by atoms with Crippen LogP contribution in [0.4, 0.5) is 0 Å². The Bertz CT molecular complexity index is 128. The van der Waals surface area contributed by atoms with Crippen molar-refractivity contribution >= 4 is 43.5 Å². The van der Waals surface area contributed by atoms with E-state index in [9.17, 15) is 0 Å². The van der Waals surface area contributed by atoms with Gasteiger partial charge >= 0.3 is 0 Å². The van der Waals surface area contributed by atoms with Gasteiger partial charge in [0, 0.05) is 0 Å². The van der Waals surface area contributed by atoms with Crippen LogP contribution in [0.1, 0.15) is 6.92 Å². The van der Waals surface area contributed by atoms with E-state index in [2.05, 4.69) is 53.0 Å². The summed E-state index contributed by atoms with van der Waals surface area (Å²) in [5.74, 6) is 0. The normalized spacial score (nSPS) is 19.2. The van der Waals surface area contributed by atoms with Crippen molar-refractivity contribution in [2.75, 3.05) is 27.7 Å². The maximum atomic E-state index is 6.05. The second kappa shape index (κ2) is 5.54. The molecular formula is C7H15Br3ClN. The monoisotopic (exact) mass is 385 g/mol. The molecule has 0 aromatic heterocycles. The molecule has 12 heavy (non-hydrogen) atoms. The lowest BCUT2D eigenvalue weighted by atomic mass is 10.3. The Hall–Kier alpha value is 1.69. The predicted octanol–water partition coefficient (Wildman–Crippen LogP) is -0.190. The van der Waals surface area contributed by atoms with Gasteiger partial charge in [-0.1, -0.05) is 31.9 Å². The fraction of sp³-hybridized carbons (Fsp3) is 1.00. The molecule has 0 aromatic rings. The first kappa shape index (κ1) is 16.1. The zero-order chi connectivity index (χ0) is 9.28. The Morgan fingerprint density at radius 2 is 1.75 bits per heavy atom. The molecule has 0 heterocycles. The van der Waals surface area contributed by atoms with Crippen molar-refractivity contribution in [3.63, 3.8) is 0 Å². The van der Waals surface area contributed by atoms with Crippen LogP contribution >= 0.6 is 43.5 Å². The molecule has 0 amide bonds. The number of halogens is 4. The molecule has 0 fully saturated rings. The van der Waals surface area contributed by atoms with Crippen molar-refractivity contribution in [1.82, 2.24) is 0 Å². The highest BCUT2D eigenvalue weighted by Gasteiger charge is 2.31. The molecule has 0 radical (unpaired) electrons. The Labute approximate surface area is 107 Å². The Morgan fingerprint density at radius 1 is 1.42 bits per heavy atom. The summed E-state index contributed by atoms with van der Waals surface area (Å²) in [6.07, 6.45) is 0. The predicted molar refractivity (Wildman–Crippen MR) is 58.8 cm³/mol. The Balaban J connectivity index is 0. The summed E-state index contributed by atoms with van der Waals surface area (Å²) in [4.78, 5) is 0.275. The lowest BCUT2D eigenvalue weighted by Crippen LogP contribution is -3.00. The number of hydrogen-bond donors (Lipinski definition) is 0. The number of hydrogen-bond acceptors (Lipinski definition) is 0. The first-order valence-corrected chi connectivity index (χ1v) is 5.54. The van der Waals surface area contributed by atoms with Gasteiger partial charge in [0.15, 0.2) is 0 Å². The van der Waals surface area contributed by atoms with E-state index in [0.717, 1.165) is 11.0 Å². The van der Waals surface area contributed by atoms with Crippen molar-refractivity contribution < 1.29 is 21.5 Å². The highest BCUT2D eigenvalue weighted by atomic mass is 79.9. The average molecular weight is 388 g/mol. The van der Waals surface area contributed by atoms with Crippen LogP contribution in [0.5, 0.6) is 0 Å². The second-order valence-electron chi connectivity index (χ2n) is 3.90. The smallest absolute Gasteiger partial charge is 0.114 e. The molecule has 0 aromatic carbocycles. The van der Waals surface area contributed by atoms with Crippen LogP contribution in [-0.4, -0.2) is 40.8 Å². The third kappa shape index (κ3) is 8.30. The molecule has 0 aliphatic rings. The van der Waals surface area contributed by atoms with E-state index in [4.69, 9.17) is 11.6 Å². The molecule has 0 bridgehead atoms. The molecule has 0 N–H and O–H groups in total. The van der Waals surface area contributed by atoms with E-state index in [-0.39, 0.29) is 25.6 Å². The SMILES string of the molecule is CC(Cl)(Br)C(Br)C[N+](C)(C)C.[Br-]. The van der Waals surface area contributed by atoms with Crippen LogP contribution in [-0.2, 0) is 0 Å². The zero-order valence-corrected chi connectivity index (χ0v) is 13.3. The highest BCUT2D eigenvalue weighted by Crippen LogP contribution is 2.32. The molecule has 5 heteroatoms. The van der Waals surface area contributed by atoms with Crippen molar-refractivity contribution in [3.8, 4) is 0 Å². The van der Waals surface area contributed by atoms with Gasteiger partial charge in [0.1, 0.15) is 3.78 Å². The minimum Gasteiger partial charge on any atom is -1.00 e. The number of quaternary nitrogens is 1. The summed E-state index contributed by atoms with van der Waals surface area (Å²) in [6.45, 7) is 2.94. The van der Waals surface area contributed by atoms with Crippen LogP contribution in [0.3, 0.4) is 0 Å². The van der Waals surface area contributed by atoms with Crippen LogP contribution in [0.2, 0.25) is 0 Å². The molecule has 76 valence electrons. The molecule has 0 saturated carbocycles. The molecule has 1 nitrogen and oxygen atoms in total. The van der Waals surface area contributed by atoms with Gasteiger partial charge in [0.2, 0.25) is 0 Å². The van der Waals surface area contributed by atoms with Gasteiger partial charge in [-0.05, 0) is 6.92 Å². The first-order chi connectivity index (χ1) is 4.63. The van der Waals surface area contributed by atoms with Crippen LogP contribution in [0.15, 0.2) is 0 Å². The summed E-state index contributed by atoms with van der Waals surface area (Å²) in [7, 11) is 6.43. The van der Waals surface area contributed by atoms with E-state index in [1.165, 1.54) is 0 Å². The molecule has 0 aliphatic heterocycles. The van der Waals surface area contributed by atoms with E-state index < -0.39 is 0 Å². The lowest BCUT2D eigenvalue weighted by Gasteiger charge is -2.30. The standard InChI is InChI=1S/C7H15Br2ClN.BrH/c1-7(9,10)6(8)5-11(2,3)4;/h6H,5H2,1-4H3;1H/q+1;/p-1. The van der Waals surface area contributed by atoms with Gasteiger partial charge in [-0.25, -0.2) is 0 Å². The van der Waals surface area contributed by atoms with Crippen LogP contribution in [0.25, 0.3) is 0 Å². The Kier molecular flexibility index (Phi) is 7.45. The number of rotatable bonds is 3. The number of nitrogens with zero attached hydrogens (tertiary/aromatic N) is 1. The molecule has 0 spiro atoms. The van der Waals surface area contributed by atoms with Crippen molar-refractivity contribution in [1.29, 1.82) is 0 Å². The second-order valence-corrected chi connectivity index (χ2v) is 7.89. The fourth-order valence-electron chi connectivity index (χ4n) is 0.641. The molecular weight excluding hydrogens is 373 g/mol. The topological polar surface area (TPSA) is 0 Å². The van der Waals surface area contributed by atoms with Gasteiger partial charge in [-0.3, -0.25) is 0 Å². The van der Waals surface area contributed by atoms with E-state index in [1.54, 1.807) is 0 Å². The molecule has 2 atom stereocenters. The van der Waals surface area contributed by atoms with Gasteiger partial charge in [-0.2, -0.15) is 0 Å². The van der Waals surface area contributed by atoms with E-state index in [0.29, 0.717) is 0 Å². The van der Waals surface area contributed by atoms with E-state index >= 15 is 0 Å². The Morgan fingerprint density at radius 3 is 1.83 bits per heavy atom. The van der Waals surface area contributed by atoms with Crippen LogP contribution in [0, 0.1) is 0 Å². The van der Waals surface area contributed by atoms with E-state index in [1.807, 2.05) is 6.92 Å². The van der Waals surface area contributed by atoms with Gasteiger partial charge in [-0.15, -0.1) is 11.6 Å². The van der Waals surface area contributed by atoms with Gasteiger partial charge in [0.05, 0.1) is 32.5 Å². The van der Waals surface area contributed by atoms with Gasteiger partial charge < -0.3 is 21.5 Å². The summed E-state index contributed by atoms with van der Waals surface area (Å²) in [6, 6.07) is 0. The lowest BCUT2D eigenvalue weighted by molar-refractivity contribution is -0.869. The largest absolute Gasteiger partial charge is 1.00 e. The summed E-state index contributed by atoms with van der Waals surface area (Å²) in [5, 5.41) is 0. The van der Waals surface area contributed by atoms with Crippen molar-refractivity contribution in [2.24, 2.45) is 0 Å². The molecule has 0 rings (SSSR count). The highest BCUT2D eigenvalue weighted by molar-refractivity contribution is 9.13. The minimum absolute atomic E-state index is 0. The average Bonchev–Trinajstić information content (AvgIpc) is 1.56. The van der Waals surface area contributed by atoms with Gasteiger partial charge in [0.25, 0.3) is 0 Å². The summed E-state index contributed by atoms with van der Waals surface area (Å²) < 4.78 is 0.558. The third-order valence-electron chi connectivity index (χ3n) is 1.26. The summed E-state index contributed by atoms with van der Waals surface area (Å²) in [5.41, 5.74) is 0. The maximum Gasteiger partial charge on any atom is 0.114 e. The molecule has 2 unspecified atom stereocenters. The summed E-state index contributed by atoms with van der Waals surface area (Å²) >= 11 is 13.0. The third-order valence-corrected chi connectivity index (χ3v) is 4.16. The zero-order valence-electron chi connectivity index (χ0n) is 7.74.